The summed E-state index contributed by atoms with van der Waals surface area (Å²) in [6.07, 6.45) is 2.48. The van der Waals surface area contributed by atoms with Crippen LogP contribution in [0.4, 0.5) is 4.79 Å². The van der Waals surface area contributed by atoms with E-state index >= 15 is 0 Å². The molecule has 0 aliphatic carbocycles. The molecule has 172 valence electrons. The number of rotatable bonds is 4. The highest BCUT2D eigenvalue weighted by Gasteiger charge is 2.45. The van der Waals surface area contributed by atoms with Crippen LogP contribution in [-0.4, -0.2) is 55.3 Å². The Labute approximate surface area is 194 Å². The number of carbonyl (C=O) groups is 2. The molecule has 1 aromatic carbocycles. The van der Waals surface area contributed by atoms with Gasteiger partial charge in [-0.2, -0.15) is 0 Å². The second-order valence-corrected chi connectivity index (χ2v) is 10.3. The molecule has 0 bridgehead atoms. The van der Waals surface area contributed by atoms with Crippen LogP contribution in [0.2, 0.25) is 10.0 Å². The van der Waals surface area contributed by atoms with Crippen molar-refractivity contribution in [1.82, 2.24) is 10.2 Å². The van der Waals surface area contributed by atoms with Crippen molar-refractivity contribution in [2.24, 2.45) is 5.92 Å². The molecule has 1 aromatic rings. The van der Waals surface area contributed by atoms with Crippen molar-refractivity contribution >= 4 is 35.2 Å². The number of nitrogens with one attached hydrogen (secondary N) is 1. The van der Waals surface area contributed by atoms with Gasteiger partial charge in [-0.1, -0.05) is 29.3 Å². The predicted molar refractivity (Wildman–Crippen MR) is 122 cm³/mol. The standard InChI is InChI=1S/C23H32Cl2N2O4/c1-22(2,3)31-21(29)26-15-16-6-10-27(11-7-16)20(28)23(8-12-30-13-9-23)18-5-4-17(24)14-19(18)25/h4-5,14,16H,6-13,15H2,1-3H3,(H,26,29). The van der Waals surface area contributed by atoms with Crippen LogP contribution < -0.4 is 5.32 Å². The molecule has 2 saturated heterocycles. The summed E-state index contributed by atoms with van der Waals surface area (Å²) in [7, 11) is 0. The average molecular weight is 471 g/mol. The maximum absolute atomic E-state index is 13.7. The molecular weight excluding hydrogens is 439 g/mol. The van der Waals surface area contributed by atoms with Crippen LogP contribution in [0, 0.1) is 5.92 Å². The Kier molecular flexibility index (Phi) is 7.76. The number of likely N-dealkylation sites (tertiary alicyclic amines) is 1. The minimum absolute atomic E-state index is 0.110. The van der Waals surface area contributed by atoms with Gasteiger partial charge < -0.3 is 19.7 Å². The lowest BCUT2D eigenvalue weighted by Gasteiger charge is -2.42. The quantitative estimate of drug-likeness (QED) is 0.685. The second kappa shape index (κ2) is 9.97. The van der Waals surface area contributed by atoms with E-state index in [1.807, 2.05) is 31.7 Å². The highest BCUT2D eigenvalue weighted by Crippen LogP contribution is 2.41. The third kappa shape index (κ3) is 6.05. The molecule has 2 amide bonds. The summed E-state index contributed by atoms with van der Waals surface area (Å²) in [6.45, 7) is 8.46. The van der Waals surface area contributed by atoms with Crippen molar-refractivity contribution < 1.29 is 19.1 Å². The smallest absolute Gasteiger partial charge is 0.407 e. The number of nitrogens with zero attached hydrogens (tertiary/aromatic N) is 1. The van der Waals surface area contributed by atoms with Crippen LogP contribution >= 0.6 is 23.2 Å². The molecule has 0 spiro atoms. The number of hydrogen-bond acceptors (Lipinski definition) is 4. The third-order valence-electron chi connectivity index (χ3n) is 6.04. The average Bonchev–Trinajstić information content (AvgIpc) is 2.71. The van der Waals surface area contributed by atoms with E-state index in [9.17, 15) is 9.59 Å². The van der Waals surface area contributed by atoms with Gasteiger partial charge in [-0.3, -0.25) is 4.79 Å². The Morgan fingerprint density at radius 1 is 1.19 bits per heavy atom. The monoisotopic (exact) mass is 470 g/mol. The van der Waals surface area contributed by atoms with E-state index < -0.39 is 17.1 Å². The zero-order valence-corrected chi connectivity index (χ0v) is 20.0. The van der Waals surface area contributed by atoms with Crippen LogP contribution in [0.15, 0.2) is 18.2 Å². The van der Waals surface area contributed by atoms with E-state index in [1.165, 1.54) is 0 Å². The van der Waals surface area contributed by atoms with Crippen molar-refractivity contribution in [2.75, 3.05) is 32.8 Å². The van der Waals surface area contributed by atoms with Crippen LogP contribution in [0.1, 0.15) is 52.0 Å². The Balaban J connectivity index is 1.63. The van der Waals surface area contributed by atoms with Gasteiger partial charge in [-0.05, 0) is 70.1 Å². The van der Waals surface area contributed by atoms with E-state index in [1.54, 1.807) is 12.1 Å². The fraction of sp³-hybridized carbons (Fsp3) is 0.652. The van der Waals surface area contributed by atoms with E-state index in [0.717, 1.165) is 18.4 Å². The zero-order chi connectivity index (χ0) is 22.6. The number of halogens is 2. The number of benzene rings is 1. The first-order chi connectivity index (χ1) is 14.6. The number of piperidine rings is 1. The van der Waals surface area contributed by atoms with E-state index in [2.05, 4.69) is 5.32 Å². The largest absolute Gasteiger partial charge is 0.444 e. The highest BCUT2D eigenvalue weighted by molar-refractivity contribution is 6.35. The SMILES string of the molecule is CC(C)(C)OC(=O)NCC1CCN(C(=O)C2(c3ccc(Cl)cc3Cl)CCOCC2)CC1. The van der Waals surface area contributed by atoms with Crippen LogP contribution in [0.25, 0.3) is 0 Å². The second-order valence-electron chi connectivity index (χ2n) is 9.44. The van der Waals surface area contributed by atoms with Gasteiger partial charge >= 0.3 is 6.09 Å². The first-order valence-electron chi connectivity index (χ1n) is 10.9. The maximum Gasteiger partial charge on any atom is 0.407 e. The molecule has 0 unspecified atom stereocenters. The topological polar surface area (TPSA) is 67.9 Å². The number of alkyl carbamates (subject to hydrolysis) is 1. The summed E-state index contributed by atoms with van der Waals surface area (Å²) in [5, 5.41) is 3.94. The molecular formula is C23H32Cl2N2O4. The van der Waals surface area contributed by atoms with Crippen LogP contribution in [-0.2, 0) is 19.7 Å². The molecule has 0 radical (unpaired) electrons. The molecule has 2 fully saturated rings. The minimum atomic E-state index is -0.679. The zero-order valence-electron chi connectivity index (χ0n) is 18.5. The summed E-state index contributed by atoms with van der Waals surface area (Å²) in [5.74, 6) is 0.430. The van der Waals surface area contributed by atoms with Gasteiger partial charge in [0.05, 0.1) is 5.41 Å². The number of amides is 2. The first kappa shape index (κ1) is 24.1. The van der Waals surface area contributed by atoms with Crippen molar-refractivity contribution in [3.05, 3.63) is 33.8 Å². The van der Waals surface area contributed by atoms with Crippen molar-refractivity contribution in [2.45, 2.75) is 57.5 Å². The van der Waals surface area contributed by atoms with Gasteiger partial charge in [0.2, 0.25) is 5.91 Å². The van der Waals surface area contributed by atoms with Crippen molar-refractivity contribution in [3.63, 3.8) is 0 Å². The van der Waals surface area contributed by atoms with Gasteiger partial charge in [0.25, 0.3) is 0 Å². The lowest BCUT2D eigenvalue weighted by atomic mass is 9.72. The Hall–Kier alpha value is -1.50. The molecule has 6 nitrogen and oxygen atoms in total. The molecule has 3 rings (SSSR count). The molecule has 2 heterocycles. The predicted octanol–water partition coefficient (Wildman–Crippen LogP) is 4.80. The highest BCUT2D eigenvalue weighted by atomic mass is 35.5. The number of carbonyl (C=O) groups excluding carboxylic acids is 2. The van der Waals surface area contributed by atoms with Crippen LogP contribution in [0.3, 0.4) is 0 Å². The molecule has 0 aromatic heterocycles. The van der Waals surface area contributed by atoms with E-state index in [0.29, 0.717) is 61.7 Å². The summed E-state index contributed by atoms with van der Waals surface area (Å²) < 4.78 is 10.9. The Morgan fingerprint density at radius 2 is 1.84 bits per heavy atom. The Morgan fingerprint density at radius 3 is 2.42 bits per heavy atom. The van der Waals surface area contributed by atoms with E-state index in [-0.39, 0.29) is 5.91 Å². The molecule has 1 N–H and O–H groups in total. The molecule has 8 heteroatoms. The van der Waals surface area contributed by atoms with E-state index in [4.69, 9.17) is 32.7 Å². The lowest BCUT2D eigenvalue weighted by molar-refractivity contribution is -0.142. The molecule has 0 saturated carbocycles. The number of ether oxygens (including phenoxy) is 2. The summed E-state index contributed by atoms with van der Waals surface area (Å²) >= 11 is 12.6. The van der Waals surface area contributed by atoms with Gasteiger partial charge in [0.1, 0.15) is 5.60 Å². The van der Waals surface area contributed by atoms with Crippen LogP contribution in [0.5, 0.6) is 0 Å². The molecule has 0 atom stereocenters. The third-order valence-corrected chi connectivity index (χ3v) is 6.59. The molecule has 2 aliphatic rings. The summed E-state index contributed by atoms with van der Waals surface area (Å²) in [6, 6.07) is 5.38. The normalized spacial score (nSPS) is 19.7. The number of hydrogen-bond donors (Lipinski definition) is 1. The van der Waals surface area contributed by atoms with Crippen molar-refractivity contribution in [3.8, 4) is 0 Å². The fourth-order valence-electron chi connectivity index (χ4n) is 4.38. The Bertz CT molecular complexity index is 795. The van der Waals surface area contributed by atoms with Crippen molar-refractivity contribution in [1.29, 1.82) is 0 Å². The summed E-state index contributed by atoms with van der Waals surface area (Å²) in [4.78, 5) is 27.6. The minimum Gasteiger partial charge on any atom is -0.444 e. The molecule has 31 heavy (non-hydrogen) atoms. The lowest BCUT2D eigenvalue weighted by Crippen LogP contribution is -2.52. The van der Waals surface area contributed by atoms with Gasteiger partial charge in [0, 0.05) is 42.9 Å². The summed E-state index contributed by atoms with van der Waals surface area (Å²) in [5.41, 5.74) is -0.358. The maximum atomic E-state index is 13.7. The van der Waals surface area contributed by atoms with Gasteiger partial charge in [-0.15, -0.1) is 0 Å². The van der Waals surface area contributed by atoms with Gasteiger partial charge in [-0.25, -0.2) is 4.79 Å². The molecule has 2 aliphatic heterocycles. The fourth-order valence-corrected chi connectivity index (χ4v) is 4.97. The first-order valence-corrected chi connectivity index (χ1v) is 11.7. The van der Waals surface area contributed by atoms with Gasteiger partial charge in [0.15, 0.2) is 0 Å².